The number of aromatic nitrogens is 2. The molecule has 8 heteroatoms. The molecule has 2 rings (SSSR count). The molecule has 0 saturated heterocycles. The molecule has 0 radical (unpaired) electrons. The van der Waals surface area contributed by atoms with Gasteiger partial charge in [-0.1, -0.05) is 17.7 Å². The van der Waals surface area contributed by atoms with E-state index < -0.39 is 18.0 Å². The van der Waals surface area contributed by atoms with Crippen LogP contribution in [0.25, 0.3) is 0 Å². The fraction of sp³-hybridized carbons (Fsp3) is 0.250. The highest BCUT2D eigenvalue weighted by molar-refractivity contribution is 6.29. The van der Waals surface area contributed by atoms with Crippen LogP contribution in [0.1, 0.15) is 22.2 Å². The van der Waals surface area contributed by atoms with Crippen molar-refractivity contribution in [2.75, 3.05) is 20.3 Å². The molecule has 0 aliphatic carbocycles. The minimum Gasteiger partial charge on any atom is -0.442 e. The molecule has 0 bridgehead atoms. The van der Waals surface area contributed by atoms with Crippen LogP contribution in [0, 0.1) is 0 Å². The Morgan fingerprint density at radius 1 is 1.25 bits per heavy atom. The Labute approximate surface area is 144 Å². The molecule has 2 aromatic rings. The predicted molar refractivity (Wildman–Crippen MR) is 86.5 cm³/mol. The molecule has 7 nitrogen and oxygen atoms in total. The van der Waals surface area contributed by atoms with Crippen LogP contribution in [0.3, 0.4) is 0 Å². The lowest BCUT2D eigenvalue weighted by molar-refractivity contribution is -0.130. The first-order valence-corrected chi connectivity index (χ1v) is 7.49. The van der Waals surface area contributed by atoms with Crippen molar-refractivity contribution in [1.82, 2.24) is 15.3 Å². The molecule has 0 aromatic carbocycles. The Morgan fingerprint density at radius 2 is 2.08 bits per heavy atom. The molecule has 24 heavy (non-hydrogen) atoms. The summed E-state index contributed by atoms with van der Waals surface area (Å²) in [5, 5.41) is 2.88. The highest BCUT2D eigenvalue weighted by atomic mass is 35.5. The summed E-state index contributed by atoms with van der Waals surface area (Å²) in [5.74, 6) is -1.18. The summed E-state index contributed by atoms with van der Waals surface area (Å²) in [6.45, 7) is 0.633. The summed E-state index contributed by atoms with van der Waals surface area (Å²) >= 11 is 5.69. The lowest BCUT2D eigenvalue weighted by atomic mass is 10.2. The maximum Gasteiger partial charge on any atom is 0.340 e. The Hall–Kier alpha value is -2.51. The van der Waals surface area contributed by atoms with Crippen LogP contribution in [-0.2, 0) is 14.3 Å². The zero-order chi connectivity index (χ0) is 17.4. The van der Waals surface area contributed by atoms with Crippen molar-refractivity contribution in [3.05, 3.63) is 59.1 Å². The van der Waals surface area contributed by atoms with Crippen molar-refractivity contribution in [2.45, 2.75) is 6.10 Å². The van der Waals surface area contributed by atoms with Crippen molar-refractivity contribution in [3.8, 4) is 0 Å². The lowest BCUT2D eigenvalue weighted by Crippen LogP contribution is -2.34. The highest BCUT2D eigenvalue weighted by Gasteiger charge is 2.26. The van der Waals surface area contributed by atoms with Gasteiger partial charge in [-0.05, 0) is 24.3 Å². The predicted octanol–water partition coefficient (Wildman–Crippen LogP) is 1.79. The van der Waals surface area contributed by atoms with Gasteiger partial charge in [-0.2, -0.15) is 0 Å². The number of pyridine rings is 2. The Morgan fingerprint density at radius 3 is 2.71 bits per heavy atom. The molecule has 126 valence electrons. The fourth-order valence-electron chi connectivity index (χ4n) is 1.82. The standard InChI is InChI=1S/C16H16ClN3O4/c1-23-9-8-19-15(21)14(12-4-2-3-7-18-12)24-16(22)11-5-6-13(17)20-10-11/h2-7,10,14H,8-9H2,1H3,(H,19,21). The van der Waals surface area contributed by atoms with Crippen molar-refractivity contribution >= 4 is 23.5 Å². The largest absolute Gasteiger partial charge is 0.442 e. The number of methoxy groups -OCH3 is 1. The number of rotatable bonds is 7. The van der Waals surface area contributed by atoms with E-state index in [0.717, 1.165) is 0 Å². The smallest absolute Gasteiger partial charge is 0.340 e. The third-order valence-corrected chi connectivity index (χ3v) is 3.21. The highest BCUT2D eigenvalue weighted by Crippen LogP contribution is 2.18. The third-order valence-electron chi connectivity index (χ3n) is 2.99. The summed E-state index contributed by atoms with van der Waals surface area (Å²) in [6, 6.07) is 7.94. The second-order valence-corrected chi connectivity index (χ2v) is 5.08. The minimum atomic E-state index is -1.17. The molecule has 0 fully saturated rings. The lowest BCUT2D eigenvalue weighted by Gasteiger charge is -2.17. The number of halogens is 1. The minimum absolute atomic E-state index is 0.185. The number of esters is 1. The quantitative estimate of drug-likeness (QED) is 0.465. The first-order chi connectivity index (χ1) is 11.6. The maximum atomic E-state index is 12.3. The molecule has 0 aliphatic heterocycles. The number of nitrogens with one attached hydrogen (secondary N) is 1. The molecule has 0 aliphatic rings. The Balaban J connectivity index is 2.14. The first kappa shape index (κ1) is 17.8. The zero-order valence-electron chi connectivity index (χ0n) is 12.9. The van der Waals surface area contributed by atoms with Gasteiger partial charge in [0.1, 0.15) is 5.15 Å². The molecular weight excluding hydrogens is 334 g/mol. The third kappa shape index (κ3) is 5.00. The maximum absolute atomic E-state index is 12.3. The van der Waals surface area contributed by atoms with E-state index in [9.17, 15) is 9.59 Å². The van der Waals surface area contributed by atoms with Crippen molar-refractivity contribution in [1.29, 1.82) is 0 Å². The van der Waals surface area contributed by atoms with E-state index >= 15 is 0 Å². The van der Waals surface area contributed by atoms with E-state index in [-0.39, 0.29) is 10.7 Å². The fourth-order valence-corrected chi connectivity index (χ4v) is 1.93. The Bertz CT molecular complexity index is 679. The van der Waals surface area contributed by atoms with E-state index in [1.54, 1.807) is 18.2 Å². The van der Waals surface area contributed by atoms with E-state index in [4.69, 9.17) is 21.1 Å². The number of amides is 1. The molecular formula is C16H16ClN3O4. The number of nitrogens with zero attached hydrogens (tertiary/aromatic N) is 2. The topological polar surface area (TPSA) is 90.4 Å². The van der Waals surface area contributed by atoms with Crippen molar-refractivity contribution < 1.29 is 19.1 Å². The van der Waals surface area contributed by atoms with E-state index in [2.05, 4.69) is 15.3 Å². The molecule has 1 atom stereocenters. The monoisotopic (exact) mass is 349 g/mol. The molecule has 2 heterocycles. The van der Waals surface area contributed by atoms with Gasteiger partial charge in [-0.25, -0.2) is 9.78 Å². The normalized spacial score (nSPS) is 11.6. The number of carbonyl (C=O) groups is 2. The summed E-state index contributed by atoms with van der Waals surface area (Å²) in [6.07, 6.45) is 1.62. The molecule has 1 amide bonds. The molecule has 0 spiro atoms. The zero-order valence-corrected chi connectivity index (χ0v) is 13.7. The van der Waals surface area contributed by atoms with Gasteiger partial charge >= 0.3 is 5.97 Å². The second kappa shape index (κ2) is 8.95. The summed E-state index contributed by atoms with van der Waals surface area (Å²) in [4.78, 5) is 32.5. The molecule has 1 N–H and O–H groups in total. The summed E-state index contributed by atoms with van der Waals surface area (Å²) in [5.41, 5.74) is 0.507. The van der Waals surface area contributed by atoms with Gasteiger partial charge in [0.25, 0.3) is 5.91 Å². The summed E-state index contributed by atoms with van der Waals surface area (Å²) < 4.78 is 10.2. The molecule has 1 unspecified atom stereocenters. The van der Waals surface area contributed by atoms with E-state index in [0.29, 0.717) is 18.8 Å². The van der Waals surface area contributed by atoms with Crippen LogP contribution in [0.5, 0.6) is 0 Å². The van der Waals surface area contributed by atoms with Crippen LogP contribution < -0.4 is 5.32 Å². The van der Waals surface area contributed by atoms with Crippen molar-refractivity contribution in [2.24, 2.45) is 0 Å². The van der Waals surface area contributed by atoms with Gasteiger partial charge < -0.3 is 14.8 Å². The summed E-state index contributed by atoms with van der Waals surface area (Å²) in [7, 11) is 1.52. The molecule has 0 saturated carbocycles. The van der Waals surface area contributed by atoms with Crippen molar-refractivity contribution in [3.63, 3.8) is 0 Å². The van der Waals surface area contributed by atoms with Gasteiger partial charge in [0.2, 0.25) is 6.10 Å². The van der Waals surface area contributed by atoms with Crippen LogP contribution in [0.2, 0.25) is 5.15 Å². The van der Waals surface area contributed by atoms with Gasteiger partial charge in [0, 0.05) is 26.0 Å². The van der Waals surface area contributed by atoms with E-state index in [1.807, 2.05) is 0 Å². The van der Waals surface area contributed by atoms with Crippen LogP contribution >= 0.6 is 11.6 Å². The molecule has 2 aromatic heterocycles. The number of ether oxygens (including phenoxy) is 2. The number of hydrogen-bond acceptors (Lipinski definition) is 6. The van der Waals surface area contributed by atoms with Crippen LogP contribution in [0.4, 0.5) is 0 Å². The second-order valence-electron chi connectivity index (χ2n) is 4.69. The van der Waals surface area contributed by atoms with Crippen LogP contribution in [-0.4, -0.2) is 42.1 Å². The SMILES string of the molecule is COCCNC(=O)C(OC(=O)c1ccc(Cl)nc1)c1ccccn1. The van der Waals surface area contributed by atoms with Crippen LogP contribution in [0.15, 0.2) is 42.7 Å². The van der Waals surface area contributed by atoms with Gasteiger partial charge in [-0.3, -0.25) is 9.78 Å². The first-order valence-electron chi connectivity index (χ1n) is 7.12. The van der Waals surface area contributed by atoms with Gasteiger partial charge in [-0.15, -0.1) is 0 Å². The average molecular weight is 350 g/mol. The van der Waals surface area contributed by atoms with E-state index in [1.165, 1.54) is 31.6 Å². The average Bonchev–Trinajstić information content (AvgIpc) is 2.61. The Kier molecular flexibility index (Phi) is 6.65. The number of carbonyl (C=O) groups excluding carboxylic acids is 2. The van der Waals surface area contributed by atoms with Gasteiger partial charge in [0.15, 0.2) is 0 Å². The number of hydrogen-bond donors (Lipinski definition) is 1. The van der Waals surface area contributed by atoms with Gasteiger partial charge in [0.05, 0.1) is 17.9 Å².